The number of amides is 1. The number of fused-ring (bicyclic) bond motifs is 1. The third kappa shape index (κ3) is 5.59. The second-order valence-corrected chi connectivity index (χ2v) is 8.66. The Bertz CT molecular complexity index is 1390. The molecule has 4 aromatic rings. The molecule has 0 aliphatic carbocycles. The van der Waals surface area contributed by atoms with Crippen molar-refractivity contribution in [1.82, 2.24) is 14.9 Å². The van der Waals surface area contributed by atoms with Crippen LogP contribution in [0, 0.1) is 0 Å². The van der Waals surface area contributed by atoms with E-state index in [0.29, 0.717) is 40.3 Å². The third-order valence-electron chi connectivity index (χ3n) is 5.49. The number of methoxy groups -OCH3 is 1. The normalized spacial score (nSPS) is 11.6. The molecule has 6 nitrogen and oxygen atoms in total. The topological polar surface area (TPSA) is 68.2 Å². The van der Waals surface area contributed by atoms with Crippen molar-refractivity contribution in [1.29, 1.82) is 0 Å². The molecule has 0 spiro atoms. The first kappa shape index (κ1) is 25.8. The highest BCUT2D eigenvalue weighted by molar-refractivity contribution is 6.39. The van der Waals surface area contributed by atoms with Gasteiger partial charge in [-0.1, -0.05) is 47.5 Å². The lowest BCUT2D eigenvalue weighted by Gasteiger charge is -2.13. The number of benzene rings is 3. The van der Waals surface area contributed by atoms with Crippen LogP contribution in [0.2, 0.25) is 10.0 Å². The summed E-state index contributed by atoms with van der Waals surface area (Å²) >= 11 is 12.6. The van der Waals surface area contributed by atoms with Crippen LogP contribution in [0.3, 0.4) is 0 Å². The fraction of sp³-hybridized carbons (Fsp3) is 0.200. The molecule has 0 bridgehead atoms. The Labute approximate surface area is 215 Å². The molecule has 0 saturated carbocycles. The average Bonchev–Trinajstić information content (AvgIpc) is 3.19. The van der Waals surface area contributed by atoms with E-state index in [0.717, 1.165) is 11.6 Å². The molecule has 11 heteroatoms. The highest BCUT2D eigenvalue weighted by atomic mass is 35.5. The van der Waals surface area contributed by atoms with Gasteiger partial charge in [-0.25, -0.2) is 4.98 Å². The average molecular weight is 537 g/mol. The van der Waals surface area contributed by atoms with E-state index >= 15 is 0 Å². The van der Waals surface area contributed by atoms with Crippen LogP contribution in [0.15, 0.2) is 60.7 Å². The van der Waals surface area contributed by atoms with Gasteiger partial charge in [-0.15, -0.1) is 0 Å². The number of carbonyl (C=O) groups excluding carboxylic acids is 1. The summed E-state index contributed by atoms with van der Waals surface area (Å²) in [7, 11) is 1.58. The number of aromatic nitrogens is 2. The Morgan fingerprint density at radius 2 is 1.78 bits per heavy atom. The van der Waals surface area contributed by atoms with E-state index in [-0.39, 0.29) is 17.7 Å². The van der Waals surface area contributed by atoms with Crippen LogP contribution < -0.4 is 10.6 Å². The Balaban J connectivity index is 1.61. The molecule has 0 aliphatic rings. The van der Waals surface area contributed by atoms with E-state index in [1.54, 1.807) is 43.5 Å². The summed E-state index contributed by atoms with van der Waals surface area (Å²) < 4.78 is 46.8. The Morgan fingerprint density at radius 3 is 2.47 bits per heavy atom. The zero-order valence-electron chi connectivity index (χ0n) is 19.0. The number of imidazole rings is 1. The van der Waals surface area contributed by atoms with Crippen LogP contribution >= 0.6 is 23.2 Å². The largest absolute Gasteiger partial charge is 0.416 e. The molecule has 4 rings (SSSR count). The van der Waals surface area contributed by atoms with Crippen molar-refractivity contribution in [3.05, 3.63) is 87.4 Å². The van der Waals surface area contributed by atoms with Gasteiger partial charge in [-0.05, 0) is 42.0 Å². The maximum atomic E-state index is 13.3. The van der Waals surface area contributed by atoms with Crippen molar-refractivity contribution in [3.8, 4) is 0 Å². The number of hydrogen-bond donors (Lipinski definition) is 2. The van der Waals surface area contributed by atoms with Crippen molar-refractivity contribution in [2.24, 2.45) is 0 Å². The van der Waals surface area contributed by atoms with Gasteiger partial charge in [-0.3, -0.25) is 4.79 Å². The number of para-hydroxylation sites is 1. The summed E-state index contributed by atoms with van der Waals surface area (Å²) in [4.78, 5) is 17.4. The third-order valence-corrected chi connectivity index (χ3v) is 6.12. The number of nitrogens with zero attached hydrogens (tertiary/aromatic N) is 2. The van der Waals surface area contributed by atoms with E-state index in [1.807, 2.05) is 4.57 Å². The van der Waals surface area contributed by atoms with E-state index in [4.69, 9.17) is 27.9 Å². The molecule has 3 aromatic carbocycles. The summed E-state index contributed by atoms with van der Waals surface area (Å²) in [5.74, 6) is -0.0855. The van der Waals surface area contributed by atoms with Crippen molar-refractivity contribution in [3.63, 3.8) is 0 Å². The van der Waals surface area contributed by atoms with E-state index in [1.165, 1.54) is 18.2 Å². The summed E-state index contributed by atoms with van der Waals surface area (Å²) in [6.07, 6.45) is -4.51. The Kier molecular flexibility index (Phi) is 7.73. The highest BCUT2D eigenvalue weighted by Crippen LogP contribution is 2.34. The number of hydrogen-bond acceptors (Lipinski definition) is 4. The van der Waals surface area contributed by atoms with Crippen LogP contribution in [0.25, 0.3) is 11.0 Å². The number of halogens is 5. The smallest absolute Gasteiger partial charge is 0.383 e. The molecule has 0 unspecified atom stereocenters. The predicted octanol–water partition coefficient (Wildman–Crippen LogP) is 6.68. The first-order chi connectivity index (χ1) is 17.2. The number of anilines is 2. The van der Waals surface area contributed by atoms with Gasteiger partial charge >= 0.3 is 6.18 Å². The minimum Gasteiger partial charge on any atom is -0.383 e. The number of rotatable bonds is 8. The van der Waals surface area contributed by atoms with Crippen LogP contribution in [-0.4, -0.2) is 29.2 Å². The van der Waals surface area contributed by atoms with Crippen molar-refractivity contribution >= 4 is 51.8 Å². The summed E-state index contributed by atoms with van der Waals surface area (Å²) in [5.41, 5.74) is 1.15. The molecule has 0 aliphatic heterocycles. The zero-order valence-corrected chi connectivity index (χ0v) is 20.5. The second kappa shape index (κ2) is 10.8. The molecule has 2 N–H and O–H groups in total. The molecular formula is C25H21Cl2F3N4O2. The van der Waals surface area contributed by atoms with Gasteiger partial charge < -0.3 is 19.9 Å². The van der Waals surface area contributed by atoms with Crippen LogP contribution in [0.1, 0.15) is 21.5 Å². The highest BCUT2D eigenvalue weighted by Gasteiger charge is 2.32. The fourth-order valence-electron chi connectivity index (χ4n) is 3.73. The molecule has 0 fully saturated rings. The summed E-state index contributed by atoms with van der Waals surface area (Å²) in [6, 6.07) is 15.1. The van der Waals surface area contributed by atoms with Gasteiger partial charge in [0.25, 0.3) is 5.91 Å². The van der Waals surface area contributed by atoms with E-state index in [9.17, 15) is 18.0 Å². The minimum absolute atomic E-state index is 0.0219. The number of ether oxygens (including phenoxy) is 1. The van der Waals surface area contributed by atoms with Gasteiger partial charge in [0.1, 0.15) is 0 Å². The molecule has 1 aromatic heterocycles. The maximum absolute atomic E-state index is 13.3. The zero-order chi connectivity index (χ0) is 25.9. The van der Waals surface area contributed by atoms with E-state index < -0.39 is 17.6 Å². The monoisotopic (exact) mass is 536 g/mol. The molecule has 0 atom stereocenters. The lowest BCUT2D eigenvalue weighted by molar-refractivity contribution is -0.138. The molecule has 1 amide bonds. The number of nitrogens with one attached hydrogen (secondary N) is 2. The Hall–Kier alpha value is -3.27. The molecule has 0 saturated heterocycles. The van der Waals surface area contributed by atoms with Gasteiger partial charge in [0, 0.05) is 25.8 Å². The minimum atomic E-state index is -4.51. The second-order valence-electron chi connectivity index (χ2n) is 7.84. The number of carbonyl (C=O) groups is 1. The first-order valence-corrected chi connectivity index (χ1v) is 11.6. The van der Waals surface area contributed by atoms with Gasteiger partial charge in [0.05, 0.1) is 38.9 Å². The summed E-state index contributed by atoms with van der Waals surface area (Å²) in [5, 5.41) is 6.53. The number of alkyl halides is 3. The molecule has 36 heavy (non-hydrogen) atoms. The quantitative estimate of drug-likeness (QED) is 0.263. The Morgan fingerprint density at radius 1 is 1.06 bits per heavy atom. The van der Waals surface area contributed by atoms with Gasteiger partial charge in [0.15, 0.2) is 0 Å². The van der Waals surface area contributed by atoms with Gasteiger partial charge in [-0.2, -0.15) is 13.2 Å². The summed E-state index contributed by atoms with van der Waals surface area (Å²) in [6.45, 7) is 0.584. The van der Waals surface area contributed by atoms with Crippen molar-refractivity contribution in [2.75, 3.05) is 19.0 Å². The van der Waals surface area contributed by atoms with Crippen LogP contribution in [0.5, 0.6) is 0 Å². The molecular weight excluding hydrogens is 516 g/mol. The van der Waals surface area contributed by atoms with Crippen LogP contribution in [0.4, 0.5) is 24.8 Å². The first-order valence-electron chi connectivity index (χ1n) is 10.8. The molecule has 0 radical (unpaired) electrons. The lowest BCUT2D eigenvalue weighted by atomic mass is 10.1. The van der Waals surface area contributed by atoms with Crippen molar-refractivity contribution < 1.29 is 22.7 Å². The predicted molar refractivity (Wildman–Crippen MR) is 134 cm³/mol. The fourth-order valence-corrected chi connectivity index (χ4v) is 4.22. The lowest BCUT2D eigenvalue weighted by Crippen LogP contribution is -2.24. The van der Waals surface area contributed by atoms with Crippen LogP contribution in [-0.2, 0) is 24.0 Å². The van der Waals surface area contributed by atoms with E-state index in [2.05, 4.69) is 15.6 Å². The van der Waals surface area contributed by atoms with Gasteiger partial charge in [0.2, 0.25) is 5.95 Å². The van der Waals surface area contributed by atoms with Crippen molar-refractivity contribution in [2.45, 2.75) is 19.3 Å². The SMILES string of the molecule is COCCn1c(Nc2c(Cl)cccc2Cl)nc2cc(C(=O)NCc3ccccc3C(F)(F)F)ccc21. The maximum Gasteiger partial charge on any atom is 0.416 e. The molecule has 1 heterocycles. The molecule has 188 valence electrons. The standard InChI is InChI=1S/C25H21Cl2F3N4O2/c1-36-12-11-34-21-10-9-15(23(35)31-14-16-5-2-3-6-17(16)25(28,29)30)13-20(21)32-24(34)33-22-18(26)7-4-8-19(22)27/h2-10,13H,11-12,14H2,1H3,(H,31,35)(H,32,33).